The number of imidazole rings is 1. The van der Waals surface area contributed by atoms with Crippen LogP contribution in [-0.2, 0) is 11.3 Å². The molecule has 158 valence electrons. The number of carboxylic acids is 1. The number of carboxylic acid groups (broad SMARTS) is 1. The molecule has 1 unspecified atom stereocenters. The molecule has 3 N–H and O–H groups in total. The van der Waals surface area contributed by atoms with Gasteiger partial charge < -0.3 is 20.3 Å². The lowest BCUT2D eigenvalue weighted by atomic mass is 10.2. The molecule has 0 spiro atoms. The molecular formula is C21H25ClN6O2. The van der Waals surface area contributed by atoms with Gasteiger partial charge in [-0.15, -0.1) is 0 Å². The van der Waals surface area contributed by atoms with Crippen LogP contribution in [0.15, 0.2) is 30.6 Å². The van der Waals surface area contributed by atoms with Crippen molar-refractivity contribution in [2.75, 3.05) is 10.6 Å². The molecule has 2 aromatic heterocycles. The first-order chi connectivity index (χ1) is 14.5. The maximum Gasteiger partial charge on any atom is 0.326 e. The van der Waals surface area contributed by atoms with Crippen LogP contribution in [-0.4, -0.2) is 36.6 Å². The largest absolute Gasteiger partial charge is 0.480 e. The molecule has 1 saturated carbocycles. The fourth-order valence-electron chi connectivity index (χ4n) is 3.88. The standard InChI is InChI=1S/C21H25ClN6O2/c1-2-16(20(29)30)25-21-26-18(23-11-13-6-5-7-14(22)10-13)17-19(27-21)28(12-24-17)15-8-3-4-9-15/h5-7,10,12,15-16H,2-4,8-9,11H2,1H3,(H,29,30)(H2,23,25,26,27). The number of halogens is 1. The molecule has 8 nitrogen and oxygen atoms in total. The number of aliphatic carboxylic acids is 1. The van der Waals surface area contributed by atoms with Gasteiger partial charge in [0.25, 0.3) is 0 Å². The highest BCUT2D eigenvalue weighted by molar-refractivity contribution is 6.30. The SMILES string of the molecule is CCC(Nc1nc(NCc2cccc(Cl)c2)c2ncn(C3CCCC3)c2n1)C(=O)O. The molecule has 0 bridgehead atoms. The summed E-state index contributed by atoms with van der Waals surface area (Å²) >= 11 is 6.09. The Morgan fingerprint density at radius 2 is 2.13 bits per heavy atom. The van der Waals surface area contributed by atoms with Crippen molar-refractivity contribution < 1.29 is 9.90 Å². The molecule has 1 aromatic carbocycles. The molecule has 0 aliphatic heterocycles. The van der Waals surface area contributed by atoms with Crippen LogP contribution in [0.5, 0.6) is 0 Å². The maximum absolute atomic E-state index is 11.5. The molecule has 30 heavy (non-hydrogen) atoms. The van der Waals surface area contributed by atoms with Crippen molar-refractivity contribution in [1.29, 1.82) is 0 Å². The predicted molar refractivity (Wildman–Crippen MR) is 117 cm³/mol. The van der Waals surface area contributed by atoms with Crippen LogP contribution >= 0.6 is 11.6 Å². The minimum absolute atomic E-state index is 0.282. The lowest BCUT2D eigenvalue weighted by molar-refractivity contribution is -0.138. The summed E-state index contributed by atoms with van der Waals surface area (Å²) in [5, 5.41) is 16.4. The van der Waals surface area contributed by atoms with Crippen molar-refractivity contribution >= 4 is 40.5 Å². The van der Waals surface area contributed by atoms with Gasteiger partial charge in [0.2, 0.25) is 5.95 Å². The van der Waals surface area contributed by atoms with Crippen molar-refractivity contribution in [3.05, 3.63) is 41.2 Å². The Kier molecular flexibility index (Phi) is 6.03. The monoisotopic (exact) mass is 428 g/mol. The lowest BCUT2D eigenvalue weighted by Crippen LogP contribution is -2.29. The van der Waals surface area contributed by atoms with Gasteiger partial charge >= 0.3 is 5.97 Å². The third-order valence-electron chi connectivity index (χ3n) is 5.50. The summed E-state index contributed by atoms with van der Waals surface area (Å²) in [7, 11) is 0. The highest BCUT2D eigenvalue weighted by Crippen LogP contribution is 2.33. The molecule has 0 amide bonds. The summed E-state index contributed by atoms with van der Waals surface area (Å²) in [6.45, 7) is 2.32. The summed E-state index contributed by atoms with van der Waals surface area (Å²) < 4.78 is 2.10. The van der Waals surface area contributed by atoms with E-state index in [-0.39, 0.29) is 5.95 Å². The average Bonchev–Trinajstić information content (AvgIpc) is 3.39. The maximum atomic E-state index is 11.5. The Balaban J connectivity index is 1.69. The van der Waals surface area contributed by atoms with E-state index >= 15 is 0 Å². The molecular weight excluding hydrogens is 404 g/mol. The Morgan fingerprint density at radius 1 is 1.33 bits per heavy atom. The molecule has 2 heterocycles. The van der Waals surface area contributed by atoms with Gasteiger partial charge in [-0.1, -0.05) is 43.5 Å². The highest BCUT2D eigenvalue weighted by Gasteiger charge is 2.23. The average molecular weight is 429 g/mol. The molecule has 4 rings (SSSR count). The topological polar surface area (TPSA) is 105 Å². The fraction of sp³-hybridized carbons (Fsp3) is 0.429. The van der Waals surface area contributed by atoms with Crippen LogP contribution in [0.1, 0.15) is 50.6 Å². The summed E-state index contributed by atoms with van der Waals surface area (Å²) in [6, 6.07) is 7.20. The number of hydrogen-bond donors (Lipinski definition) is 3. The number of anilines is 2. The van der Waals surface area contributed by atoms with Crippen LogP contribution in [0.4, 0.5) is 11.8 Å². The minimum atomic E-state index is -0.932. The van der Waals surface area contributed by atoms with Crippen molar-refractivity contribution in [3.8, 4) is 0 Å². The molecule has 1 aliphatic carbocycles. The van der Waals surface area contributed by atoms with Gasteiger partial charge in [-0.2, -0.15) is 9.97 Å². The summed E-state index contributed by atoms with van der Waals surface area (Å²) in [5.41, 5.74) is 2.40. The number of nitrogens with zero attached hydrogens (tertiary/aromatic N) is 4. The molecule has 3 aromatic rings. The van der Waals surface area contributed by atoms with E-state index in [1.165, 1.54) is 12.8 Å². The third-order valence-corrected chi connectivity index (χ3v) is 5.73. The van der Waals surface area contributed by atoms with Gasteiger partial charge in [0.1, 0.15) is 6.04 Å². The van der Waals surface area contributed by atoms with Crippen LogP contribution in [0.25, 0.3) is 11.2 Å². The molecule has 1 atom stereocenters. The quantitative estimate of drug-likeness (QED) is 0.485. The van der Waals surface area contributed by atoms with Crippen LogP contribution in [0.2, 0.25) is 5.02 Å². The number of hydrogen-bond acceptors (Lipinski definition) is 6. The zero-order valence-electron chi connectivity index (χ0n) is 16.8. The first kappa shape index (κ1) is 20.4. The predicted octanol–water partition coefficient (Wildman–Crippen LogP) is 4.48. The zero-order chi connectivity index (χ0) is 21.1. The van der Waals surface area contributed by atoms with Crippen LogP contribution in [0.3, 0.4) is 0 Å². The van der Waals surface area contributed by atoms with Crippen molar-refractivity contribution in [2.24, 2.45) is 0 Å². The molecule has 9 heteroatoms. The highest BCUT2D eigenvalue weighted by atomic mass is 35.5. The second kappa shape index (κ2) is 8.87. The Bertz CT molecular complexity index is 1050. The van der Waals surface area contributed by atoms with E-state index in [1.54, 1.807) is 0 Å². The Labute approximate surface area is 179 Å². The first-order valence-electron chi connectivity index (χ1n) is 10.3. The van der Waals surface area contributed by atoms with Crippen molar-refractivity contribution in [1.82, 2.24) is 19.5 Å². The summed E-state index contributed by atoms with van der Waals surface area (Å²) in [5.74, 6) is -0.0801. The van der Waals surface area contributed by atoms with Gasteiger partial charge in [0.15, 0.2) is 17.0 Å². The van der Waals surface area contributed by atoms with E-state index in [0.717, 1.165) is 18.4 Å². The van der Waals surface area contributed by atoms with Gasteiger partial charge in [-0.25, -0.2) is 9.78 Å². The second-order valence-corrected chi connectivity index (χ2v) is 8.02. The number of rotatable bonds is 8. The van der Waals surface area contributed by atoms with Crippen LogP contribution < -0.4 is 10.6 Å². The molecule has 0 saturated heterocycles. The fourth-order valence-corrected chi connectivity index (χ4v) is 4.09. The van der Waals surface area contributed by atoms with E-state index in [9.17, 15) is 9.90 Å². The van der Waals surface area contributed by atoms with Gasteiger partial charge in [0.05, 0.1) is 6.33 Å². The lowest BCUT2D eigenvalue weighted by Gasteiger charge is -2.16. The zero-order valence-corrected chi connectivity index (χ0v) is 17.6. The molecule has 1 aliphatic rings. The van der Waals surface area contributed by atoms with E-state index in [2.05, 4.69) is 30.2 Å². The van der Waals surface area contributed by atoms with E-state index in [1.807, 2.05) is 37.5 Å². The van der Waals surface area contributed by atoms with Crippen molar-refractivity contribution in [2.45, 2.75) is 57.7 Å². The van der Waals surface area contributed by atoms with E-state index in [0.29, 0.717) is 41.0 Å². The number of carbonyl (C=O) groups is 1. The van der Waals surface area contributed by atoms with E-state index < -0.39 is 12.0 Å². The number of aromatic nitrogens is 4. The van der Waals surface area contributed by atoms with Crippen molar-refractivity contribution in [3.63, 3.8) is 0 Å². The van der Waals surface area contributed by atoms with E-state index in [4.69, 9.17) is 11.6 Å². The summed E-state index contributed by atoms with van der Waals surface area (Å²) in [4.78, 5) is 25.2. The normalized spacial score (nSPS) is 15.4. The van der Waals surface area contributed by atoms with Gasteiger partial charge in [0, 0.05) is 17.6 Å². The van der Waals surface area contributed by atoms with Crippen LogP contribution in [0, 0.1) is 0 Å². The minimum Gasteiger partial charge on any atom is -0.480 e. The first-order valence-corrected chi connectivity index (χ1v) is 10.6. The number of benzene rings is 1. The second-order valence-electron chi connectivity index (χ2n) is 7.59. The number of fused-ring (bicyclic) bond motifs is 1. The molecule has 1 fully saturated rings. The number of nitrogens with one attached hydrogen (secondary N) is 2. The smallest absolute Gasteiger partial charge is 0.326 e. The Hall–Kier alpha value is -2.87. The Morgan fingerprint density at radius 3 is 2.83 bits per heavy atom. The van der Waals surface area contributed by atoms with Gasteiger partial charge in [-0.05, 0) is 37.0 Å². The summed E-state index contributed by atoms with van der Waals surface area (Å²) in [6.07, 6.45) is 6.81. The van der Waals surface area contributed by atoms with Gasteiger partial charge in [-0.3, -0.25) is 0 Å². The third kappa shape index (κ3) is 4.33. The molecule has 0 radical (unpaired) electrons.